The number of hydrogen-bond donors (Lipinski definition) is 2. The smallest absolute Gasteiger partial charge is 0.229 e. The predicted octanol–water partition coefficient (Wildman–Crippen LogP) is 5.53. The van der Waals surface area contributed by atoms with Gasteiger partial charge < -0.3 is 20.5 Å². The number of nitrogens with one attached hydrogen (secondary N) is 1. The van der Waals surface area contributed by atoms with Crippen LogP contribution in [0.4, 0.5) is 20.5 Å². The van der Waals surface area contributed by atoms with Gasteiger partial charge in [0.2, 0.25) is 5.95 Å². The molecule has 0 bridgehead atoms. The number of likely N-dealkylation sites (tertiary alicyclic amines) is 1. The number of pyridine rings is 1. The molecular weight excluding hydrogens is 486 g/mol. The highest BCUT2D eigenvalue weighted by molar-refractivity contribution is 5.83. The molecule has 1 atom stereocenters. The Bertz CT molecular complexity index is 1430. The van der Waals surface area contributed by atoms with Crippen LogP contribution in [0.5, 0.6) is 0 Å². The van der Waals surface area contributed by atoms with Crippen LogP contribution in [0.1, 0.15) is 57.1 Å². The van der Waals surface area contributed by atoms with E-state index in [4.69, 9.17) is 5.73 Å². The number of aromatic nitrogens is 5. The maximum atomic E-state index is 15.0. The molecule has 0 saturated carbocycles. The molecular formula is C28H34F2N8. The van der Waals surface area contributed by atoms with Crippen molar-refractivity contribution in [3.05, 3.63) is 59.7 Å². The summed E-state index contributed by atoms with van der Waals surface area (Å²) in [7, 11) is 0. The Morgan fingerprint density at radius 3 is 2.47 bits per heavy atom. The van der Waals surface area contributed by atoms with E-state index in [9.17, 15) is 8.78 Å². The number of nitrogens with zero attached hydrogens (tertiary/aromatic N) is 6. The number of aryl methyl sites for hydroxylation is 1. The Morgan fingerprint density at radius 2 is 1.82 bits per heavy atom. The predicted molar refractivity (Wildman–Crippen MR) is 145 cm³/mol. The number of fused-ring (bicyclic) bond motifs is 1. The zero-order valence-electron chi connectivity index (χ0n) is 22.2. The molecule has 4 aromatic rings. The highest BCUT2D eigenvalue weighted by Crippen LogP contribution is 2.31. The van der Waals surface area contributed by atoms with E-state index in [1.54, 1.807) is 12.3 Å². The van der Waals surface area contributed by atoms with Crippen molar-refractivity contribution in [2.24, 2.45) is 11.7 Å². The summed E-state index contributed by atoms with van der Waals surface area (Å²) in [6, 6.07) is 6.74. The van der Waals surface area contributed by atoms with Crippen LogP contribution in [0.15, 0.2) is 36.7 Å². The molecule has 0 spiro atoms. The number of piperidine rings is 1. The van der Waals surface area contributed by atoms with Gasteiger partial charge in [-0.1, -0.05) is 13.0 Å². The second-order valence-electron chi connectivity index (χ2n) is 10.2. The monoisotopic (exact) mass is 520 g/mol. The van der Waals surface area contributed by atoms with Crippen molar-refractivity contribution in [2.45, 2.75) is 52.6 Å². The van der Waals surface area contributed by atoms with Crippen LogP contribution in [0.25, 0.3) is 22.3 Å². The van der Waals surface area contributed by atoms with Crippen molar-refractivity contribution < 1.29 is 8.78 Å². The number of benzene rings is 1. The molecule has 1 saturated heterocycles. The van der Waals surface area contributed by atoms with Gasteiger partial charge in [-0.15, -0.1) is 0 Å². The minimum Gasteiger partial charge on any atom is -0.326 e. The zero-order valence-corrected chi connectivity index (χ0v) is 22.2. The van der Waals surface area contributed by atoms with Crippen molar-refractivity contribution in [2.75, 3.05) is 25.0 Å². The minimum absolute atomic E-state index is 0.00507. The highest BCUT2D eigenvalue weighted by atomic mass is 19.1. The first-order valence-electron chi connectivity index (χ1n) is 13.2. The summed E-state index contributed by atoms with van der Waals surface area (Å²) >= 11 is 0. The van der Waals surface area contributed by atoms with Crippen LogP contribution < -0.4 is 11.1 Å². The zero-order chi connectivity index (χ0) is 27.0. The third kappa shape index (κ3) is 5.10. The van der Waals surface area contributed by atoms with E-state index in [-0.39, 0.29) is 29.2 Å². The summed E-state index contributed by atoms with van der Waals surface area (Å²) < 4.78 is 31.7. The highest BCUT2D eigenvalue weighted by Gasteiger charge is 2.25. The third-order valence-corrected chi connectivity index (χ3v) is 7.46. The van der Waals surface area contributed by atoms with Crippen molar-refractivity contribution >= 4 is 22.8 Å². The van der Waals surface area contributed by atoms with Gasteiger partial charge in [-0.3, -0.25) is 0 Å². The molecule has 1 aromatic carbocycles. The van der Waals surface area contributed by atoms with Crippen LogP contribution in [0, 0.1) is 24.5 Å². The first-order chi connectivity index (χ1) is 18.2. The molecule has 3 N–H and O–H groups in total. The van der Waals surface area contributed by atoms with Gasteiger partial charge >= 0.3 is 0 Å². The van der Waals surface area contributed by atoms with Gasteiger partial charge in [-0.05, 0) is 82.9 Å². The fraction of sp³-hybridized carbons (Fsp3) is 0.429. The van der Waals surface area contributed by atoms with E-state index in [2.05, 4.69) is 37.1 Å². The van der Waals surface area contributed by atoms with Crippen molar-refractivity contribution in [3.8, 4) is 11.3 Å². The van der Waals surface area contributed by atoms with E-state index in [1.807, 2.05) is 37.5 Å². The molecule has 3 aromatic heterocycles. The normalized spacial score (nSPS) is 15.9. The summed E-state index contributed by atoms with van der Waals surface area (Å²) in [4.78, 5) is 19.7. The summed E-state index contributed by atoms with van der Waals surface area (Å²) in [5.74, 6) is 0.611. The second kappa shape index (κ2) is 10.7. The summed E-state index contributed by atoms with van der Waals surface area (Å²) in [5.41, 5.74) is 8.69. The maximum Gasteiger partial charge on any atom is 0.229 e. The van der Waals surface area contributed by atoms with Crippen molar-refractivity contribution in [3.63, 3.8) is 0 Å². The SMILES string of the molecule is CCN1CCC([C@@H](N)c2ccc(Nc3ncc(F)c(-c4cc(F)c5nc(C)n(C(C)C)c5c4)n3)nc2)CC1. The molecule has 8 nitrogen and oxygen atoms in total. The largest absolute Gasteiger partial charge is 0.326 e. The number of hydrogen-bond acceptors (Lipinski definition) is 7. The van der Waals surface area contributed by atoms with Crippen LogP contribution >= 0.6 is 0 Å². The van der Waals surface area contributed by atoms with Crippen LogP contribution in [-0.2, 0) is 0 Å². The lowest BCUT2D eigenvalue weighted by atomic mass is 9.86. The summed E-state index contributed by atoms with van der Waals surface area (Å²) in [5, 5.41) is 3.03. The van der Waals surface area contributed by atoms with E-state index < -0.39 is 11.6 Å². The summed E-state index contributed by atoms with van der Waals surface area (Å²) in [6.07, 6.45) is 4.99. The molecule has 0 radical (unpaired) electrons. The Labute approximate surface area is 221 Å². The maximum absolute atomic E-state index is 15.0. The molecule has 0 unspecified atom stereocenters. The Kier molecular flexibility index (Phi) is 7.36. The molecule has 0 amide bonds. The van der Waals surface area contributed by atoms with Gasteiger partial charge in [0.05, 0.1) is 11.7 Å². The third-order valence-electron chi connectivity index (χ3n) is 7.46. The van der Waals surface area contributed by atoms with Gasteiger partial charge in [-0.2, -0.15) is 0 Å². The van der Waals surface area contributed by atoms with Crippen LogP contribution in [0.2, 0.25) is 0 Å². The first kappa shape index (κ1) is 26.1. The lowest BCUT2D eigenvalue weighted by Crippen LogP contribution is -2.37. The molecule has 5 rings (SSSR count). The van der Waals surface area contributed by atoms with Crippen LogP contribution in [-0.4, -0.2) is 49.0 Å². The molecule has 10 heteroatoms. The van der Waals surface area contributed by atoms with Gasteiger partial charge in [0, 0.05) is 23.8 Å². The molecule has 1 fully saturated rings. The standard InChI is InChI=1S/C28H34F2N8/c1-5-37-10-8-18(9-11-37)25(31)19-6-7-24(32-14-19)35-28-33-15-22(30)26(36-28)20-12-21(29)27-23(13-20)38(16(2)3)17(4)34-27/h6-7,12-16,18,25H,5,8-11,31H2,1-4H3,(H,32,33,35,36)/t25-/m1/s1. The Balaban J connectivity index is 1.37. The molecule has 1 aliphatic rings. The van der Waals surface area contributed by atoms with E-state index in [0.717, 1.165) is 44.2 Å². The Morgan fingerprint density at radius 1 is 1.05 bits per heavy atom. The van der Waals surface area contributed by atoms with Gasteiger partial charge in [-0.25, -0.2) is 28.7 Å². The first-order valence-corrected chi connectivity index (χ1v) is 13.2. The minimum atomic E-state index is -0.648. The van der Waals surface area contributed by atoms with Crippen LogP contribution in [0.3, 0.4) is 0 Å². The second-order valence-corrected chi connectivity index (χ2v) is 10.2. The molecule has 4 heterocycles. The average molecular weight is 521 g/mol. The number of imidazole rings is 1. The van der Waals surface area contributed by atoms with Gasteiger partial charge in [0.15, 0.2) is 11.6 Å². The fourth-order valence-electron chi connectivity index (χ4n) is 5.38. The van der Waals surface area contributed by atoms with E-state index in [1.165, 1.54) is 6.07 Å². The van der Waals surface area contributed by atoms with Crippen molar-refractivity contribution in [1.29, 1.82) is 0 Å². The van der Waals surface area contributed by atoms with E-state index in [0.29, 0.717) is 28.6 Å². The molecule has 200 valence electrons. The van der Waals surface area contributed by atoms with Crippen molar-refractivity contribution in [1.82, 2.24) is 29.4 Å². The molecule has 1 aliphatic heterocycles. The lowest BCUT2D eigenvalue weighted by molar-refractivity contribution is 0.176. The molecule has 0 aliphatic carbocycles. The fourth-order valence-corrected chi connectivity index (χ4v) is 5.38. The number of halogens is 2. The van der Waals surface area contributed by atoms with E-state index >= 15 is 0 Å². The number of anilines is 2. The molecule has 38 heavy (non-hydrogen) atoms. The average Bonchev–Trinajstić information content (AvgIpc) is 3.26. The number of rotatable bonds is 7. The Hall–Kier alpha value is -3.50. The quantitative estimate of drug-likeness (QED) is 0.331. The lowest BCUT2D eigenvalue weighted by Gasteiger charge is -2.34. The number of nitrogens with two attached hydrogens (primary N) is 1. The van der Waals surface area contributed by atoms with Gasteiger partial charge in [0.25, 0.3) is 0 Å². The summed E-state index contributed by atoms with van der Waals surface area (Å²) in [6.45, 7) is 11.2. The van der Waals surface area contributed by atoms with Gasteiger partial charge in [0.1, 0.15) is 22.9 Å². The topological polar surface area (TPSA) is 97.8 Å².